The Hall–Kier alpha value is -3.88. The lowest BCUT2D eigenvalue weighted by Crippen LogP contribution is -2.31. The normalized spacial score (nSPS) is 15.0. The van der Waals surface area contributed by atoms with Crippen LogP contribution in [0.2, 0.25) is 0 Å². The highest BCUT2D eigenvalue weighted by Crippen LogP contribution is 2.32. The number of fused-ring (bicyclic) bond motifs is 1. The maximum Gasteiger partial charge on any atom is 0.416 e. The number of carbonyl (C=O) groups is 1. The van der Waals surface area contributed by atoms with E-state index in [4.69, 9.17) is 5.73 Å². The van der Waals surface area contributed by atoms with Crippen molar-refractivity contribution in [2.75, 3.05) is 18.0 Å². The van der Waals surface area contributed by atoms with E-state index in [1.807, 2.05) is 49.4 Å². The number of hydrogen-bond donors (Lipinski definition) is 3. The zero-order chi connectivity index (χ0) is 28.9. The van der Waals surface area contributed by atoms with E-state index in [1.165, 1.54) is 18.2 Å². The molecule has 1 aliphatic heterocycles. The second-order valence-electron chi connectivity index (χ2n) is 10.1. The van der Waals surface area contributed by atoms with Crippen LogP contribution in [0.1, 0.15) is 64.7 Å². The smallest absolute Gasteiger partial charge is 0.375 e. The average molecular weight is 550 g/mol. The summed E-state index contributed by atoms with van der Waals surface area (Å²) in [4.78, 5) is 15.1. The summed E-state index contributed by atoms with van der Waals surface area (Å²) in [5, 5.41) is 12.5. The maximum absolute atomic E-state index is 13.3. The Kier molecular flexibility index (Phi) is 9.12. The van der Waals surface area contributed by atoms with Gasteiger partial charge < -0.3 is 21.1 Å². The first-order valence-electron chi connectivity index (χ1n) is 13.2. The Morgan fingerprint density at radius 1 is 1.07 bits per heavy atom. The molecule has 1 amide bonds. The summed E-state index contributed by atoms with van der Waals surface area (Å²) in [5.41, 5.74) is 11.2. The molecular formula is C32H34F3N3O2. The van der Waals surface area contributed by atoms with Crippen LogP contribution in [0.25, 0.3) is 5.57 Å². The number of aliphatic hydroxyl groups is 1. The highest BCUT2D eigenvalue weighted by atomic mass is 19.4. The van der Waals surface area contributed by atoms with Gasteiger partial charge in [-0.2, -0.15) is 13.2 Å². The lowest BCUT2D eigenvalue weighted by Gasteiger charge is -2.32. The van der Waals surface area contributed by atoms with Crippen LogP contribution in [0, 0.1) is 0 Å². The van der Waals surface area contributed by atoms with Crippen LogP contribution in [0.15, 0.2) is 84.5 Å². The first-order valence-corrected chi connectivity index (χ1v) is 13.2. The molecule has 5 nitrogen and oxygen atoms in total. The molecule has 40 heavy (non-hydrogen) atoms. The third-order valence-electron chi connectivity index (χ3n) is 7.08. The first-order chi connectivity index (χ1) is 19.0. The molecule has 0 fully saturated rings. The minimum absolute atomic E-state index is 0.0294. The predicted molar refractivity (Wildman–Crippen MR) is 153 cm³/mol. The second-order valence-corrected chi connectivity index (χ2v) is 10.1. The largest absolute Gasteiger partial charge is 0.416 e. The molecule has 3 aromatic rings. The summed E-state index contributed by atoms with van der Waals surface area (Å²) in [5.74, 6) is -0.406. The maximum atomic E-state index is 13.3. The summed E-state index contributed by atoms with van der Waals surface area (Å²) >= 11 is 0. The van der Waals surface area contributed by atoms with E-state index < -0.39 is 23.9 Å². The molecule has 1 atom stereocenters. The van der Waals surface area contributed by atoms with Gasteiger partial charge in [-0.05, 0) is 73.2 Å². The third kappa shape index (κ3) is 7.00. The van der Waals surface area contributed by atoms with E-state index in [0.29, 0.717) is 17.7 Å². The molecule has 8 heteroatoms. The van der Waals surface area contributed by atoms with E-state index in [2.05, 4.69) is 23.2 Å². The van der Waals surface area contributed by atoms with E-state index in [9.17, 15) is 23.1 Å². The van der Waals surface area contributed by atoms with Crippen LogP contribution in [0.4, 0.5) is 18.9 Å². The molecule has 1 aliphatic rings. The standard InChI is InChI=1S/C32H34F3N3O2/c1-21(13-14-22(2)26-10-4-5-11-27(26)30(36)39)20-38-17-7-9-23-18-24(15-16-29(23)38)31(40)37-19-25-8-3-6-12-28(25)32(33,34)35/h3-6,8,10-16,18,30,39H,7,9,17,19-20,36H2,1-2H3,(H,37,40)/b21-13+,22-14+. The van der Waals surface area contributed by atoms with Gasteiger partial charge in [0.05, 0.1) is 5.56 Å². The fourth-order valence-electron chi connectivity index (χ4n) is 5.03. The number of alkyl halides is 3. The van der Waals surface area contributed by atoms with Gasteiger partial charge in [0.25, 0.3) is 5.91 Å². The number of rotatable bonds is 8. The SMILES string of the molecule is C/C(=C\C=C(/C)c1ccccc1C(N)O)CN1CCCc2cc(C(=O)NCc3ccccc3C(F)(F)F)ccc21. The Balaban J connectivity index is 1.44. The zero-order valence-electron chi connectivity index (χ0n) is 22.6. The summed E-state index contributed by atoms with van der Waals surface area (Å²) in [6.07, 6.45) is 0.312. The molecule has 0 aliphatic carbocycles. The number of allylic oxidation sites excluding steroid dienone is 3. The third-order valence-corrected chi connectivity index (χ3v) is 7.08. The van der Waals surface area contributed by atoms with Crippen LogP contribution in [0.3, 0.4) is 0 Å². The number of hydrogen-bond acceptors (Lipinski definition) is 4. The summed E-state index contributed by atoms with van der Waals surface area (Å²) in [6.45, 7) is 5.42. The molecule has 3 aromatic carbocycles. The van der Waals surface area contributed by atoms with Crippen molar-refractivity contribution in [3.63, 3.8) is 0 Å². The fraction of sp³-hybridized carbons (Fsp3) is 0.281. The van der Waals surface area contributed by atoms with Crippen molar-refractivity contribution in [1.29, 1.82) is 0 Å². The second kappa shape index (κ2) is 12.5. The Morgan fingerprint density at radius 3 is 2.55 bits per heavy atom. The zero-order valence-corrected chi connectivity index (χ0v) is 22.6. The van der Waals surface area contributed by atoms with Crippen LogP contribution >= 0.6 is 0 Å². The van der Waals surface area contributed by atoms with Crippen molar-refractivity contribution in [1.82, 2.24) is 5.32 Å². The molecule has 0 aromatic heterocycles. The van der Waals surface area contributed by atoms with Gasteiger partial charge in [0, 0.05) is 36.4 Å². The lowest BCUT2D eigenvalue weighted by molar-refractivity contribution is -0.138. The first kappa shape index (κ1) is 29.1. The minimum atomic E-state index is -4.48. The molecule has 4 rings (SSSR count). The van der Waals surface area contributed by atoms with Gasteiger partial charge in [-0.3, -0.25) is 4.79 Å². The molecule has 0 radical (unpaired) electrons. The topological polar surface area (TPSA) is 78.6 Å². The highest BCUT2D eigenvalue weighted by Gasteiger charge is 2.32. The molecule has 4 N–H and O–H groups in total. The molecular weight excluding hydrogens is 515 g/mol. The van der Waals surface area contributed by atoms with Crippen molar-refractivity contribution in [3.05, 3.63) is 118 Å². The Bertz CT molecular complexity index is 1430. The van der Waals surface area contributed by atoms with Crippen LogP contribution in [0.5, 0.6) is 0 Å². The van der Waals surface area contributed by atoms with Gasteiger partial charge >= 0.3 is 6.18 Å². The molecule has 210 valence electrons. The van der Waals surface area contributed by atoms with Gasteiger partial charge in [-0.15, -0.1) is 0 Å². The van der Waals surface area contributed by atoms with E-state index in [0.717, 1.165) is 53.4 Å². The number of anilines is 1. The van der Waals surface area contributed by atoms with Crippen LogP contribution in [-0.2, 0) is 19.1 Å². The summed E-state index contributed by atoms with van der Waals surface area (Å²) in [7, 11) is 0. The van der Waals surface area contributed by atoms with E-state index in [1.54, 1.807) is 6.07 Å². The van der Waals surface area contributed by atoms with Gasteiger partial charge in [-0.25, -0.2) is 0 Å². The summed E-state index contributed by atoms with van der Waals surface area (Å²) < 4.78 is 39.9. The molecule has 0 spiro atoms. The van der Waals surface area contributed by atoms with E-state index >= 15 is 0 Å². The van der Waals surface area contributed by atoms with Crippen LogP contribution < -0.4 is 16.0 Å². The molecule has 0 bridgehead atoms. The van der Waals surface area contributed by atoms with Crippen molar-refractivity contribution < 1.29 is 23.1 Å². The Morgan fingerprint density at radius 2 is 1.80 bits per heavy atom. The van der Waals surface area contributed by atoms with Crippen molar-refractivity contribution >= 4 is 17.2 Å². The van der Waals surface area contributed by atoms with Crippen molar-refractivity contribution in [3.8, 4) is 0 Å². The lowest BCUT2D eigenvalue weighted by atomic mass is 9.98. The number of nitrogens with zero attached hydrogens (tertiary/aromatic N) is 1. The number of halogens is 3. The van der Waals surface area contributed by atoms with Gasteiger partial charge in [0.2, 0.25) is 0 Å². The van der Waals surface area contributed by atoms with Gasteiger partial charge in [0.1, 0.15) is 6.23 Å². The van der Waals surface area contributed by atoms with Crippen molar-refractivity contribution in [2.24, 2.45) is 5.73 Å². The van der Waals surface area contributed by atoms with Crippen LogP contribution in [-0.4, -0.2) is 24.1 Å². The predicted octanol–water partition coefficient (Wildman–Crippen LogP) is 6.39. The monoisotopic (exact) mass is 549 g/mol. The van der Waals surface area contributed by atoms with Gasteiger partial charge in [0.15, 0.2) is 0 Å². The molecule has 0 saturated carbocycles. The summed E-state index contributed by atoms with van der Waals surface area (Å²) in [6, 6.07) is 18.2. The number of amides is 1. The molecule has 1 heterocycles. The number of carbonyl (C=O) groups excluding carboxylic acids is 1. The quantitative estimate of drug-likeness (QED) is 0.225. The Labute approximate surface area is 232 Å². The minimum Gasteiger partial charge on any atom is -0.375 e. The number of nitrogens with one attached hydrogen (secondary N) is 1. The number of aliphatic hydroxyl groups excluding tert-OH is 1. The number of benzene rings is 3. The van der Waals surface area contributed by atoms with Gasteiger partial charge in [-0.1, -0.05) is 60.2 Å². The average Bonchev–Trinajstić information content (AvgIpc) is 2.94. The fourth-order valence-corrected chi connectivity index (χ4v) is 5.03. The highest BCUT2D eigenvalue weighted by molar-refractivity contribution is 5.95. The van der Waals surface area contributed by atoms with Crippen molar-refractivity contribution in [2.45, 2.75) is 45.6 Å². The molecule has 0 saturated heterocycles. The van der Waals surface area contributed by atoms with E-state index in [-0.39, 0.29) is 12.1 Å². The number of aryl methyl sites for hydroxylation is 1. The molecule has 1 unspecified atom stereocenters. The number of nitrogens with two attached hydrogens (primary N) is 1.